The van der Waals surface area contributed by atoms with Crippen LogP contribution in [0.5, 0.6) is 0 Å². The Morgan fingerprint density at radius 1 is 1.00 bits per heavy atom. The summed E-state index contributed by atoms with van der Waals surface area (Å²) < 4.78 is 44.5. The molecule has 0 bridgehead atoms. The van der Waals surface area contributed by atoms with Crippen molar-refractivity contribution in [2.75, 3.05) is 0 Å². The quantitative estimate of drug-likeness (QED) is 0.768. The second-order valence-corrected chi connectivity index (χ2v) is 5.39. The Hall–Kier alpha value is -3.09. The minimum atomic E-state index is -0.761. The molecule has 7 heteroatoms. The van der Waals surface area contributed by atoms with Gasteiger partial charge in [-0.25, -0.2) is 13.2 Å². The van der Waals surface area contributed by atoms with Crippen LogP contribution in [0.15, 0.2) is 53.1 Å². The van der Waals surface area contributed by atoms with Gasteiger partial charge in [-0.2, -0.15) is 0 Å². The van der Waals surface area contributed by atoms with E-state index in [4.69, 9.17) is 4.52 Å². The molecule has 0 atom stereocenters. The van der Waals surface area contributed by atoms with Crippen LogP contribution in [-0.2, 0) is 17.8 Å². The number of nitrogens with one attached hydrogen (secondary N) is 1. The van der Waals surface area contributed by atoms with Crippen molar-refractivity contribution in [3.63, 3.8) is 0 Å². The summed E-state index contributed by atoms with van der Waals surface area (Å²) in [5.41, 5.74) is 1.15. The first-order valence-electron chi connectivity index (χ1n) is 7.43. The number of benzene rings is 2. The van der Waals surface area contributed by atoms with Gasteiger partial charge in [0.1, 0.15) is 23.1 Å². The van der Waals surface area contributed by atoms with Crippen LogP contribution in [0.25, 0.3) is 11.3 Å². The normalized spacial score (nSPS) is 10.7. The molecule has 3 aromatic rings. The third-order valence-corrected chi connectivity index (χ3v) is 3.50. The molecule has 25 heavy (non-hydrogen) atoms. The number of hydrogen-bond acceptors (Lipinski definition) is 3. The highest BCUT2D eigenvalue weighted by Gasteiger charge is 2.13. The molecule has 0 aliphatic heterocycles. The van der Waals surface area contributed by atoms with Crippen molar-refractivity contribution in [1.29, 1.82) is 0 Å². The van der Waals surface area contributed by atoms with Crippen molar-refractivity contribution in [1.82, 2.24) is 10.5 Å². The van der Waals surface area contributed by atoms with E-state index in [0.717, 1.165) is 12.1 Å². The molecule has 0 saturated carbocycles. The molecular formula is C18H13F3N2O2. The maximum atomic E-state index is 13.7. The van der Waals surface area contributed by atoms with Gasteiger partial charge in [-0.1, -0.05) is 17.3 Å². The number of halogens is 3. The van der Waals surface area contributed by atoms with Gasteiger partial charge in [0.05, 0.1) is 18.5 Å². The van der Waals surface area contributed by atoms with Crippen LogP contribution in [-0.4, -0.2) is 11.1 Å². The molecular weight excluding hydrogens is 333 g/mol. The standard InChI is InChI=1S/C18H13F3N2O2/c19-12-3-1-11(2-4-12)7-18(24)22-10-14-9-17(25-23-14)15-6-5-13(20)8-16(15)21/h1-6,8-9H,7,10H2,(H,22,24). The summed E-state index contributed by atoms with van der Waals surface area (Å²) in [5.74, 6) is -1.95. The van der Waals surface area contributed by atoms with Crippen molar-refractivity contribution < 1.29 is 22.5 Å². The van der Waals surface area contributed by atoms with Gasteiger partial charge in [0, 0.05) is 12.1 Å². The first kappa shape index (κ1) is 16.8. The van der Waals surface area contributed by atoms with Crippen molar-refractivity contribution in [3.05, 3.63) is 77.2 Å². The van der Waals surface area contributed by atoms with Crippen molar-refractivity contribution in [2.45, 2.75) is 13.0 Å². The Balaban J connectivity index is 1.59. The highest BCUT2D eigenvalue weighted by Crippen LogP contribution is 2.24. The molecule has 0 aliphatic carbocycles. The molecule has 0 saturated heterocycles. The lowest BCUT2D eigenvalue weighted by molar-refractivity contribution is -0.120. The zero-order chi connectivity index (χ0) is 17.8. The van der Waals surface area contributed by atoms with Gasteiger partial charge in [0.2, 0.25) is 5.91 Å². The predicted molar refractivity (Wildman–Crippen MR) is 83.8 cm³/mol. The van der Waals surface area contributed by atoms with E-state index in [1.54, 1.807) is 0 Å². The molecule has 128 valence electrons. The lowest BCUT2D eigenvalue weighted by atomic mass is 10.1. The van der Waals surface area contributed by atoms with Crippen LogP contribution in [0.3, 0.4) is 0 Å². The SMILES string of the molecule is O=C(Cc1ccc(F)cc1)NCc1cc(-c2ccc(F)cc2F)on1. The zero-order valence-corrected chi connectivity index (χ0v) is 12.9. The molecule has 2 aromatic carbocycles. The van der Waals surface area contributed by atoms with Gasteiger partial charge in [-0.3, -0.25) is 4.79 Å². The number of rotatable bonds is 5. The summed E-state index contributed by atoms with van der Waals surface area (Å²) in [4.78, 5) is 11.9. The Morgan fingerprint density at radius 2 is 1.72 bits per heavy atom. The largest absolute Gasteiger partial charge is 0.356 e. The van der Waals surface area contributed by atoms with E-state index in [2.05, 4.69) is 10.5 Å². The molecule has 0 fully saturated rings. The third-order valence-electron chi connectivity index (χ3n) is 3.50. The van der Waals surface area contributed by atoms with Crippen molar-refractivity contribution in [3.8, 4) is 11.3 Å². The lowest BCUT2D eigenvalue weighted by Crippen LogP contribution is -2.24. The van der Waals surface area contributed by atoms with Crippen molar-refractivity contribution >= 4 is 5.91 Å². The minimum absolute atomic E-state index is 0.0813. The Labute approximate surface area is 141 Å². The second kappa shape index (κ2) is 7.21. The van der Waals surface area contributed by atoms with Crippen LogP contribution in [0, 0.1) is 17.5 Å². The van der Waals surface area contributed by atoms with E-state index >= 15 is 0 Å². The van der Waals surface area contributed by atoms with E-state index in [1.807, 2.05) is 0 Å². The van der Waals surface area contributed by atoms with E-state index < -0.39 is 11.6 Å². The van der Waals surface area contributed by atoms with E-state index in [0.29, 0.717) is 11.3 Å². The molecule has 0 radical (unpaired) electrons. The smallest absolute Gasteiger partial charge is 0.224 e. The molecule has 1 aromatic heterocycles. The first-order valence-corrected chi connectivity index (χ1v) is 7.43. The zero-order valence-electron chi connectivity index (χ0n) is 12.9. The summed E-state index contributed by atoms with van der Waals surface area (Å²) in [5, 5.41) is 6.39. The number of carbonyl (C=O) groups excluding carboxylic acids is 1. The highest BCUT2D eigenvalue weighted by molar-refractivity contribution is 5.78. The summed E-state index contributed by atoms with van der Waals surface area (Å²) in [6, 6.07) is 10.2. The molecule has 0 spiro atoms. The van der Waals surface area contributed by atoms with Gasteiger partial charge in [0.25, 0.3) is 0 Å². The molecule has 3 rings (SSSR count). The molecule has 4 nitrogen and oxygen atoms in total. The maximum absolute atomic E-state index is 13.7. The summed E-state index contributed by atoms with van der Waals surface area (Å²) in [6.07, 6.45) is 0.0948. The number of amides is 1. The average Bonchev–Trinajstić information content (AvgIpc) is 3.04. The van der Waals surface area contributed by atoms with Crippen LogP contribution >= 0.6 is 0 Å². The number of nitrogens with zero attached hydrogens (tertiary/aromatic N) is 1. The fourth-order valence-corrected chi connectivity index (χ4v) is 2.25. The van der Waals surface area contributed by atoms with E-state index in [-0.39, 0.29) is 36.0 Å². The summed E-state index contributed by atoms with van der Waals surface area (Å²) in [7, 11) is 0. The number of hydrogen-bond donors (Lipinski definition) is 1. The highest BCUT2D eigenvalue weighted by atomic mass is 19.1. The summed E-state index contributed by atoms with van der Waals surface area (Å²) >= 11 is 0. The van der Waals surface area contributed by atoms with E-state index in [9.17, 15) is 18.0 Å². The van der Waals surface area contributed by atoms with Gasteiger partial charge in [0.15, 0.2) is 5.76 Å². The second-order valence-electron chi connectivity index (χ2n) is 5.39. The van der Waals surface area contributed by atoms with Crippen molar-refractivity contribution in [2.24, 2.45) is 0 Å². The molecule has 1 amide bonds. The van der Waals surface area contributed by atoms with Crippen LogP contribution in [0.1, 0.15) is 11.3 Å². The fraction of sp³-hybridized carbons (Fsp3) is 0.111. The van der Waals surface area contributed by atoms with Gasteiger partial charge < -0.3 is 9.84 Å². The molecule has 0 unspecified atom stereocenters. The van der Waals surface area contributed by atoms with Crippen LogP contribution in [0.2, 0.25) is 0 Å². The maximum Gasteiger partial charge on any atom is 0.224 e. The minimum Gasteiger partial charge on any atom is -0.356 e. The molecule has 1 heterocycles. The molecule has 1 N–H and O–H groups in total. The van der Waals surface area contributed by atoms with Gasteiger partial charge in [-0.05, 0) is 29.8 Å². The van der Waals surface area contributed by atoms with Crippen LogP contribution < -0.4 is 5.32 Å². The Morgan fingerprint density at radius 3 is 2.44 bits per heavy atom. The van der Waals surface area contributed by atoms with Gasteiger partial charge >= 0.3 is 0 Å². The fourth-order valence-electron chi connectivity index (χ4n) is 2.25. The number of carbonyl (C=O) groups is 1. The van der Waals surface area contributed by atoms with Gasteiger partial charge in [-0.15, -0.1) is 0 Å². The third kappa shape index (κ3) is 4.26. The predicted octanol–water partition coefficient (Wildman–Crippen LogP) is 3.62. The monoisotopic (exact) mass is 346 g/mol. The Bertz CT molecular complexity index is 892. The first-order chi connectivity index (χ1) is 12.0. The van der Waals surface area contributed by atoms with E-state index in [1.165, 1.54) is 36.4 Å². The lowest BCUT2D eigenvalue weighted by Gasteiger charge is -2.03. The average molecular weight is 346 g/mol. The summed E-state index contributed by atoms with van der Waals surface area (Å²) in [6.45, 7) is 0.0896. The molecule has 0 aliphatic rings. The van der Waals surface area contributed by atoms with Crippen LogP contribution in [0.4, 0.5) is 13.2 Å². The topological polar surface area (TPSA) is 55.1 Å². The Kier molecular flexibility index (Phi) is 4.83. The number of aromatic nitrogens is 1.